The van der Waals surface area contributed by atoms with Gasteiger partial charge < -0.3 is 0 Å². The standard InChI is InChI=1S/C14H15O2P/c15-16-14(12-4-2-1-3-5-12)13-8-6-11(10-17)7-9-13/h1-9,14-15H,10,17H2. The molecule has 3 heteroatoms. The summed E-state index contributed by atoms with van der Waals surface area (Å²) < 4.78 is 0. The van der Waals surface area contributed by atoms with E-state index in [2.05, 4.69) is 14.1 Å². The summed E-state index contributed by atoms with van der Waals surface area (Å²) in [5.41, 5.74) is 3.12. The molecule has 0 saturated heterocycles. The van der Waals surface area contributed by atoms with Gasteiger partial charge in [-0.1, -0.05) is 54.6 Å². The third-order valence-corrected chi connectivity index (χ3v) is 3.20. The zero-order chi connectivity index (χ0) is 12.1. The second-order valence-electron chi connectivity index (χ2n) is 3.84. The van der Waals surface area contributed by atoms with E-state index in [1.54, 1.807) is 0 Å². The predicted octanol–water partition coefficient (Wildman–Crippen LogP) is 3.64. The van der Waals surface area contributed by atoms with Gasteiger partial charge in [-0.3, -0.25) is 5.26 Å². The van der Waals surface area contributed by atoms with Crippen molar-refractivity contribution in [3.05, 3.63) is 71.3 Å². The molecule has 88 valence electrons. The van der Waals surface area contributed by atoms with Crippen LogP contribution in [0.4, 0.5) is 0 Å². The fourth-order valence-corrected chi connectivity index (χ4v) is 2.04. The molecule has 0 fully saturated rings. The Morgan fingerprint density at radius 1 is 0.941 bits per heavy atom. The lowest BCUT2D eigenvalue weighted by molar-refractivity contribution is -0.270. The van der Waals surface area contributed by atoms with Gasteiger partial charge in [0.1, 0.15) is 6.10 Å². The molecular weight excluding hydrogens is 231 g/mol. The Hall–Kier alpha value is -1.21. The molecule has 0 bridgehead atoms. The van der Waals surface area contributed by atoms with E-state index in [0.29, 0.717) is 0 Å². The minimum atomic E-state index is -0.422. The third-order valence-electron chi connectivity index (χ3n) is 2.73. The van der Waals surface area contributed by atoms with Gasteiger partial charge in [-0.05, 0) is 22.9 Å². The van der Waals surface area contributed by atoms with Gasteiger partial charge in [0.05, 0.1) is 0 Å². The van der Waals surface area contributed by atoms with Crippen LogP contribution < -0.4 is 0 Å². The van der Waals surface area contributed by atoms with Crippen LogP contribution in [0.3, 0.4) is 0 Å². The normalized spacial score (nSPS) is 12.4. The molecule has 2 unspecified atom stereocenters. The highest BCUT2D eigenvalue weighted by Gasteiger charge is 2.13. The first-order valence-corrected chi connectivity index (χ1v) is 6.31. The van der Waals surface area contributed by atoms with E-state index in [-0.39, 0.29) is 0 Å². The lowest BCUT2D eigenvalue weighted by Crippen LogP contribution is -2.03. The fourth-order valence-electron chi connectivity index (χ4n) is 1.77. The molecule has 17 heavy (non-hydrogen) atoms. The summed E-state index contributed by atoms with van der Waals surface area (Å²) in [6.07, 6.45) is 0.505. The van der Waals surface area contributed by atoms with Crippen LogP contribution >= 0.6 is 9.24 Å². The van der Waals surface area contributed by atoms with E-state index in [1.165, 1.54) is 5.56 Å². The molecule has 2 atom stereocenters. The Kier molecular flexibility index (Phi) is 4.27. The zero-order valence-corrected chi connectivity index (χ0v) is 10.6. The van der Waals surface area contributed by atoms with Gasteiger partial charge in [0.25, 0.3) is 0 Å². The molecule has 0 aliphatic rings. The molecule has 0 aromatic heterocycles. The molecule has 0 radical (unpaired) electrons. The van der Waals surface area contributed by atoms with E-state index in [0.717, 1.165) is 17.3 Å². The van der Waals surface area contributed by atoms with E-state index >= 15 is 0 Å². The molecule has 2 rings (SSSR count). The number of rotatable bonds is 4. The summed E-state index contributed by atoms with van der Waals surface area (Å²) in [5, 5.41) is 9.06. The van der Waals surface area contributed by atoms with Crippen molar-refractivity contribution in [1.29, 1.82) is 0 Å². The van der Waals surface area contributed by atoms with Crippen molar-refractivity contribution in [3.63, 3.8) is 0 Å². The van der Waals surface area contributed by atoms with Crippen LogP contribution in [0.5, 0.6) is 0 Å². The van der Waals surface area contributed by atoms with Gasteiger partial charge >= 0.3 is 0 Å². The summed E-state index contributed by atoms with van der Waals surface area (Å²) in [5.74, 6) is 0. The average Bonchev–Trinajstić information content (AvgIpc) is 2.42. The summed E-state index contributed by atoms with van der Waals surface area (Å²) in [6, 6.07) is 17.7. The third kappa shape index (κ3) is 2.92. The molecule has 0 aliphatic carbocycles. The smallest absolute Gasteiger partial charge is 0.143 e. The highest BCUT2D eigenvalue weighted by atomic mass is 31.0. The molecule has 0 heterocycles. The van der Waals surface area contributed by atoms with E-state index < -0.39 is 6.10 Å². The Bertz CT molecular complexity index is 453. The number of hydrogen-bond donors (Lipinski definition) is 1. The van der Waals surface area contributed by atoms with E-state index in [1.807, 2.05) is 54.6 Å². The fraction of sp³-hybridized carbons (Fsp3) is 0.143. The van der Waals surface area contributed by atoms with Crippen LogP contribution in [0, 0.1) is 0 Å². The molecule has 1 N–H and O–H groups in total. The van der Waals surface area contributed by atoms with Gasteiger partial charge in [-0.15, -0.1) is 9.24 Å². The highest BCUT2D eigenvalue weighted by Crippen LogP contribution is 2.25. The predicted molar refractivity (Wildman–Crippen MR) is 71.9 cm³/mol. The molecule has 2 aromatic carbocycles. The highest BCUT2D eigenvalue weighted by molar-refractivity contribution is 7.15. The van der Waals surface area contributed by atoms with Crippen LogP contribution in [0.15, 0.2) is 54.6 Å². The first-order valence-electron chi connectivity index (χ1n) is 5.49. The number of benzene rings is 2. The molecule has 2 nitrogen and oxygen atoms in total. The van der Waals surface area contributed by atoms with Gasteiger partial charge in [0, 0.05) is 0 Å². The molecule has 0 saturated carbocycles. The van der Waals surface area contributed by atoms with Gasteiger partial charge in [-0.25, -0.2) is 4.89 Å². The molecule has 2 aromatic rings. The van der Waals surface area contributed by atoms with Crippen LogP contribution in [0.25, 0.3) is 0 Å². The van der Waals surface area contributed by atoms with E-state index in [9.17, 15) is 0 Å². The summed E-state index contributed by atoms with van der Waals surface area (Å²) >= 11 is 0. The quantitative estimate of drug-likeness (QED) is 0.507. The monoisotopic (exact) mass is 246 g/mol. The minimum Gasteiger partial charge on any atom is -0.251 e. The summed E-state index contributed by atoms with van der Waals surface area (Å²) in [4.78, 5) is 4.59. The van der Waals surface area contributed by atoms with Crippen molar-refractivity contribution in [3.8, 4) is 0 Å². The zero-order valence-electron chi connectivity index (χ0n) is 9.41. The summed E-state index contributed by atoms with van der Waals surface area (Å²) in [6.45, 7) is 0. The van der Waals surface area contributed by atoms with Crippen molar-refractivity contribution in [2.45, 2.75) is 12.3 Å². The van der Waals surface area contributed by atoms with Gasteiger partial charge in [0.15, 0.2) is 0 Å². The Balaban J connectivity index is 2.29. The lowest BCUT2D eigenvalue weighted by Gasteiger charge is -2.14. The maximum atomic E-state index is 9.06. The Labute approximate surface area is 103 Å². The van der Waals surface area contributed by atoms with Crippen molar-refractivity contribution in [2.24, 2.45) is 0 Å². The Morgan fingerprint density at radius 3 is 2.06 bits per heavy atom. The largest absolute Gasteiger partial charge is 0.251 e. The van der Waals surface area contributed by atoms with Crippen LogP contribution in [-0.2, 0) is 11.0 Å². The van der Waals surface area contributed by atoms with Gasteiger partial charge in [-0.2, -0.15) is 0 Å². The molecular formula is C14H15O2P. The maximum Gasteiger partial charge on any atom is 0.143 e. The van der Waals surface area contributed by atoms with Crippen molar-refractivity contribution < 1.29 is 10.1 Å². The second-order valence-corrected chi connectivity index (χ2v) is 4.25. The second kappa shape index (κ2) is 5.92. The average molecular weight is 246 g/mol. The molecule has 0 amide bonds. The maximum absolute atomic E-state index is 9.06. The molecule has 0 spiro atoms. The van der Waals surface area contributed by atoms with Crippen molar-refractivity contribution in [2.75, 3.05) is 0 Å². The first kappa shape index (κ1) is 12.3. The first-order chi connectivity index (χ1) is 8.35. The molecule has 0 aliphatic heterocycles. The van der Waals surface area contributed by atoms with Gasteiger partial charge in [0.2, 0.25) is 0 Å². The number of hydrogen-bond acceptors (Lipinski definition) is 2. The van der Waals surface area contributed by atoms with Crippen molar-refractivity contribution in [1.82, 2.24) is 0 Å². The van der Waals surface area contributed by atoms with Crippen LogP contribution in [-0.4, -0.2) is 5.26 Å². The van der Waals surface area contributed by atoms with Crippen LogP contribution in [0.1, 0.15) is 22.8 Å². The topological polar surface area (TPSA) is 29.5 Å². The lowest BCUT2D eigenvalue weighted by atomic mass is 10.0. The SMILES string of the molecule is OOC(c1ccccc1)c1ccc(CP)cc1. The minimum absolute atomic E-state index is 0.422. The summed E-state index contributed by atoms with van der Waals surface area (Å²) in [7, 11) is 2.69. The Morgan fingerprint density at radius 2 is 1.53 bits per heavy atom. The van der Waals surface area contributed by atoms with Crippen LogP contribution in [0.2, 0.25) is 0 Å². The van der Waals surface area contributed by atoms with E-state index in [4.69, 9.17) is 5.26 Å². The van der Waals surface area contributed by atoms with Crippen molar-refractivity contribution >= 4 is 9.24 Å².